The molecule has 18 heavy (non-hydrogen) atoms. The molecule has 3 nitrogen and oxygen atoms in total. The SMILES string of the molecule is CCCNCCc1cc(Br)c2c(c1)OCCCO2. The first-order valence-electron chi connectivity index (χ1n) is 6.60. The van der Waals surface area contributed by atoms with Gasteiger partial charge < -0.3 is 14.8 Å². The number of ether oxygens (including phenoxy) is 2. The van der Waals surface area contributed by atoms with Crippen LogP contribution in [0.4, 0.5) is 0 Å². The van der Waals surface area contributed by atoms with E-state index in [0.29, 0.717) is 0 Å². The van der Waals surface area contributed by atoms with E-state index in [1.807, 2.05) is 0 Å². The highest BCUT2D eigenvalue weighted by atomic mass is 79.9. The van der Waals surface area contributed by atoms with Crippen LogP contribution in [0.5, 0.6) is 11.5 Å². The Morgan fingerprint density at radius 1 is 1.22 bits per heavy atom. The van der Waals surface area contributed by atoms with Crippen LogP contribution in [-0.2, 0) is 6.42 Å². The summed E-state index contributed by atoms with van der Waals surface area (Å²) in [5.74, 6) is 1.71. The fourth-order valence-corrected chi connectivity index (χ4v) is 2.57. The van der Waals surface area contributed by atoms with Crippen molar-refractivity contribution in [1.82, 2.24) is 5.32 Å². The second kappa shape index (κ2) is 7.00. The van der Waals surface area contributed by atoms with E-state index >= 15 is 0 Å². The molecule has 0 amide bonds. The normalized spacial score (nSPS) is 14.3. The summed E-state index contributed by atoms with van der Waals surface area (Å²) < 4.78 is 12.4. The second-order valence-electron chi connectivity index (χ2n) is 4.46. The van der Waals surface area contributed by atoms with Crippen molar-refractivity contribution in [1.29, 1.82) is 0 Å². The molecule has 0 aromatic heterocycles. The van der Waals surface area contributed by atoms with Crippen LogP contribution in [-0.4, -0.2) is 26.3 Å². The highest BCUT2D eigenvalue weighted by Crippen LogP contribution is 2.38. The maximum atomic E-state index is 5.72. The highest BCUT2D eigenvalue weighted by molar-refractivity contribution is 9.10. The number of halogens is 1. The molecule has 0 radical (unpaired) electrons. The summed E-state index contributed by atoms with van der Waals surface area (Å²) in [6.45, 7) is 5.71. The molecule has 0 atom stereocenters. The molecule has 0 saturated heterocycles. The fraction of sp³-hybridized carbons (Fsp3) is 0.571. The molecule has 0 bridgehead atoms. The minimum atomic E-state index is 0.725. The second-order valence-corrected chi connectivity index (χ2v) is 5.31. The van der Waals surface area contributed by atoms with Gasteiger partial charge in [-0.3, -0.25) is 0 Å². The third-order valence-electron chi connectivity index (χ3n) is 2.88. The van der Waals surface area contributed by atoms with Gasteiger partial charge in [0.25, 0.3) is 0 Å². The topological polar surface area (TPSA) is 30.5 Å². The maximum absolute atomic E-state index is 5.72. The summed E-state index contributed by atoms with van der Waals surface area (Å²) in [7, 11) is 0. The van der Waals surface area contributed by atoms with Gasteiger partial charge in [0.15, 0.2) is 11.5 Å². The lowest BCUT2D eigenvalue weighted by Crippen LogP contribution is -2.17. The number of hydrogen-bond acceptors (Lipinski definition) is 3. The van der Waals surface area contributed by atoms with Crippen molar-refractivity contribution in [3.05, 3.63) is 22.2 Å². The van der Waals surface area contributed by atoms with E-state index < -0.39 is 0 Å². The van der Waals surface area contributed by atoms with Crippen LogP contribution in [0.15, 0.2) is 16.6 Å². The Morgan fingerprint density at radius 3 is 2.89 bits per heavy atom. The Balaban J connectivity index is 2.04. The molecular weight excluding hydrogens is 294 g/mol. The molecule has 1 aromatic carbocycles. The van der Waals surface area contributed by atoms with Gasteiger partial charge >= 0.3 is 0 Å². The summed E-state index contributed by atoms with van der Waals surface area (Å²) >= 11 is 3.56. The van der Waals surface area contributed by atoms with Crippen molar-refractivity contribution < 1.29 is 9.47 Å². The zero-order valence-corrected chi connectivity index (χ0v) is 12.4. The lowest BCUT2D eigenvalue weighted by Gasteiger charge is -2.12. The van der Waals surface area contributed by atoms with Gasteiger partial charge in [0.2, 0.25) is 0 Å². The summed E-state index contributed by atoms with van der Waals surface area (Å²) in [4.78, 5) is 0. The summed E-state index contributed by atoms with van der Waals surface area (Å²) in [6, 6.07) is 4.22. The molecule has 2 rings (SSSR count). The van der Waals surface area contributed by atoms with E-state index in [0.717, 1.165) is 55.1 Å². The van der Waals surface area contributed by atoms with E-state index in [-0.39, 0.29) is 0 Å². The highest BCUT2D eigenvalue weighted by Gasteiger charge is 2.14. The molecule has 1 N–H and O–H groups in total. The van der Waals surface area contributed by atoms with Crippen molar-refractivity contribution in [2.75, 3.05) is 26.3 Å². The molecule has 1 aromatic rings. The third kappa shape index (κ3) is 3.62. The predicted molar refractivity (Wildman–Crippen MR) is 76.6 cm³/mol. The molecule has 4 heteroatoms. The van der Waals surface area contributed by atoms with Gasteiger partial charge in [-0.15, -0.1) is 0 Å². The Kier molecular flexibility index (Phi) is 5.32. The zero-order chi connectivity index (χ0) is 12.8. The predicted octanol–water partition coefficient (Wildman–Crippen LogP) is 3.15. The Bertz CT molecular complexity index is 396. The van der Waals surface area contributed by atoms with Crippen LogP contribution in [0.25, 0.3) is 0 Å². The van der Waals surface area contributed by atoms with Gasteiger partial charge in [-0.1, -0.05) is 6.92 Å². The largest absolute Gasteiger partial charge is 0.490 e. The number of benzene rings is 1. The standard InChI is InChI=1S/C14H20BrNO2/c1-2-5-16-6-4-11-9-12(15)14-13(10-11)17-7-3-8-18-14/h9-10,16H,2-8H2,1H3. The molecule has 1 heterocycles. The number of rotatable bonds is 5. The lowest BCUT2D eigenvalue weighted by molar-refractivity contribution is 0.296. The molecule has 0 fully saturated rings. The monoisotopic (exact) mass is 313 g/mol. The van der Waals surface area contributed by atoms with Crippen LogP contribution in [0.3, 0.4) is 0 Å². The molecule has 0 saturated carbocycles. The van der Waals surface area contributed by atoms with E-state index in [4.69, 9.17) is 9.47 Å². The molecule has 1 aliphatic rings. The van der Waals surface area contributed by atoms with Crippen molar-refractivity contribution in [2.45, 2.75) is 26.2 Å². The van der Waals surface area contributed by atoms with Gasteiger partial charge in [-0.25, -0.2) is 0 Å². The maximum Gasteiger partial charge on any atom is 0.175 e. The summed E-state index contributed by atoms with van der Waals surface area (Å²) in [6.07, 6.45) is 3.12. The Hall–Kier alpha value is -0.740. The smallest absolute Gasteiger partial charge is 0.175 e. The Labute approximate surface area is 117 Å². The zero-order valence-electron chi connectivity index (χ0n) is 10.8. The van der Waals surface area contributed by atoms with E-state index in [1.165, 1.54) is 12.0 Å². The average Bonchev–Trinajstić information content (AvgIpc) is 2.60. The van der Waals surface area contributed by atoms with Crippen LogP contribution >= 0.6 is 15.9 Å². The van der Waals surface area contributed by atoms with Gasteiger partial charge in [-0.2, -0.15) is 0 Å². The van der Waals surface area contributed by atoms with E-state index in [9.17, 15) is 0 Å². The van der Waals surface area contributed by atoms with Gasteiger partial charge in [0, 0.05) is 6.42 Å². The molecule has 0 spiro atoms. The van der Waals surface area contributed by atoms with Crippen LogP contribution < -0.4 is 14.8 Å². The summed E-state index contributed by atoms with van der Waals surface area (Å²) in [5.41, 5.74) is 1.27. The van der Waals surface area contributed by atoms with Crippen molar-refractivity contribution in [2.24, 2.45) is 0 Å². The van der Waals surface area contributed by atoms with Crippen LogP contribution in [0.1, 0.15) is 25.3 Å². The van der Waals surface area contributed by atoms with E-state index in [2.05, 4.69) is 40.3 Å². The third-order valence-corrected chi connectivity index (χ3v) is 3.47. The van der Waals surface area contributed by atoms with Crippen LogP contribution in [0.2, 0.25) is 0 Å². The lowest BCUT2D eigenvalue weighted by atomic mass is 10.1. The Morgan fingerprint density at radius 2 is 2.06 bits per heavy atom. The van der Waals surface area contributed by atoms with E-state index in [1.54, 1.807) is 0 Å². The number of fused-ring (bicyclic) bond motifs is 1. The van der Waals surface area contributed by atoms with Crippen molar-refractivity contribution in [3.63, 3.8) is 0 Å². The minimum Gasteiger partial charge on any atom is -0.490 e. The first kappa shape index (κ1) is 13.7. The fourth-order valence-electron chi connectivity index (χ4n) is 1.96. The minimum absolute atomic E-state index is 0.725. The first-order chi connectivity index (χ1) is 8.81. The van der Waals surface area contributed by atoms with Crippen LogP contribution in [0, 0.1) is 0 Å². The average molecular weight is 314 g/mol. The van der Waals surface area contributed by atoms with Crippen molar-refractivity contribution >= 4 is 15.9 Å². The molecule has 1 aliphatic heterocycles. The first-order valence-corrected chi connectivity index (χ1v) is 7.39. The van der Waals surface area contributed by atoms with Crippen molar-refractivity contribution in [3.8, 4) is 11.5 Å². The molecule has 100 valence electrons. The number of nitrogens with one attached hydrogen (secondary N) is 1. The molecule has 0 unspecified atom stereocenters. The molecular formula is C14H20BrNO2. The molecule has 0 aliphatic carbocycles. The quantitative estimate of drug-likeness (QED) is 0.847. The number of hydrogen-bond donors (Lipinski definition) is 1. The van der Waals surface area contributed by atoms with Gasteiger partial charge in [0.05, 0.1) is 17.7 Å². The summed E-state index contributed by atoms with van der Waals surface area (Å²) in [5, 5.41) is 3.41. The van der Waals surface area contributed by atoms with Gasteiger partial charge in [-0.05, 0) is 59.6 Å². The van der Waals surface area contributed by atoms with Gasteiger partial charge in [0.1, 0.15) is 0 Å².